The molecule has 0 radical (unpaired) electrons. The molecule has 0 saturated carbocycles. The van der Waals surface area contributed by atoms with Crippen LogP contribution in [0.15, 0.2) is 48.7 Å². The zero-order valence-corrected chi connectivity index (χ0v) is 15.7. The number of anilines is 2. The average molecular weight is 362 g/mol. The van der Waals surface area contributed by atoms with Crippen LogP contribution in [0, 0.1) is 5.92 Å². The Morgan fingerprint density at radius 1 is 1.08 bits per heavy atom. The van der Waals surface area contributed by atoms with E-state index in [-0.39, 0.29) is 5.75 Å². The third kappa shape index (κ3) is 7.56. The molecule has 2 N–H and O–H groups in total. The van der Waals surface area contributed by atoms with Gasteiger partial charge in [0.2, 0.25) is 10.0 Å². The van der Waals surface area contributed by atoms with Crippen LogP contribution in [0.1, 0.15) is 32.3 Å². The van der Waals surface area contributed by atoms with E-state index in [0.717, 1.165) is 30.8 Å². The largest absolute Gasteiger partial charge is 0.370 e. The van der Waals surface area contributed by atoms with Crippen molar-refractivity contribution >= 4 is 21.5 Å². The van der Waals surface area contributed by atoms with Crippen LogP contribution in [0.4, 0.5) is 11.5 Å². The Balaban J connectivity index is 1.79. The zero-order valence-electron chi connectivity index (χ0n) is 14.9. The molecule has 0 aliphatic rings. The number of nitrogens with one attached hydrogen (secondary N) is 2. The van der Waals surface area contributed by atoms with Crippen molar-refractivity contribution in [2.45, 2.75) is 33.1 Å². The Bertz CT molecular complexity index is 729. The summed E-state index contributed by atoms with van der Waals surface area (Å²) in [6.45, 7) is 5.20. The number of nitrogens with zero attached hydrogens (tertiary/aromatic N) is 1. The van der Waals surface area contributed by atoms with Crippen molar-refractivity contribution in [2.75, 3.05) is 22.3 Å². The Kier molecular flexibility index (Phi) is 7.25. The van der Waals surface area contributed by atoms with Crippen LogP contribution in [0.5, 0.6) is 0 Å². The lowest BCUT2D eigenvalue weighted by molar-refractivity contribution is 0.598. The van der Waals surface area contributed by atoms with Gasteiger partial charge in [-0.2, -0.15) is 0 Å². The lowest BCUT2D eigenvalue weighted by Gasteiger charge is -2.10. The summed E-state index contributed by atoms with van der Waals surface area (Å²) >= 11 is 0. The topological polar surface area (TPSA) is 71.1 Å². The summed E-state index contributed by atoms with van der Waals surface area (Å²) in [5.41, 5.74) is 1.64. The smallest absolute Gasteiger partial charge is 0.232 e. The Morgan fingerprint density at radius 3 is 2.48 bits per heavy atom. The molecule has 0 aliphatic heterocycles. The van der Waals surface area contributed by atoms with Crippen molar-refractivity contribution < 1.29 is 8.42 Å². The molecule has 0 saturated heterocycles. The van der Waals surface area contributed by atoms with E-state index in [1.54, 1.807) is 18.3 Å². The minimum atomic E-state index is -3.36. The molecular formula is C19H27N3O2S. The number of hydrogen-bond acceptors (Lipinski definition) is 4. The van der Waals surface area contributed by atoms with E-state index < -0.39 is 10.0 Å². The lowest BCUT2D eigenvalue weighted by Crippen LogP contribution is -2.17. The number of sulfonamides is 1. The maximum atomic E-state index is 12.2. The van der Waals surface area contributed by atoms with Gasteiger partial charge in [-0.3, -0.25) is 4.72 Å². The van der Waals surface area contributed by atoms with Crippen molar-refractivity contribution in [2.24, 2.45) is 5.92 Å². The van der Waals surface area contributed by atoms with Crippen LogP contribution in [-0.2, 0) is 16.4 Å². The molecule has 1 aromatic heterocycles. The van der Waals surface area contributed by atoms with Crippen LogP contribution in [0.3, 0.4) is 0 Å². The van der Waals surface area contributed by atoms with Gasteiger partial charge in [0.05, 0.1) is 17.6 Å². The Labute approximate surface area is 150 Å². The highest BCUT2D eigenvalue weighted by Crippen LogP contribution is 2.13. The van der Waals surface area contributed by atoms with Gasteiger partial charge in [-0.15, -0.1) is 0 Å². The summed E-state index contributed by atoms with van der Waals surface area (Å²) in [5, 5.41) is 3.23. The molecule has 25 heavy (non-hydrogen) atoms. The fourth-order valence-corrected chi connectivity index (χ4v) is 3.50. The van der Waals surface area contributed by atoms with Crippen molar-refractivity contribution in [3.63, 3.8) is 0 Å². The van der Waals surface area contributed by atoms with Crippen LogP contribution in [0.25, 0.3) is 0 Å². The van der Waals surface area contributed by atoms with Crippen LogP contribution < -0.4 is 10.0 Å². The average Bonchev–Trinajstić information content (AvgIpc) is 2.57. The quantitative estimate of drug-likeness (QED) is 0.673. The second-order valence-corrected chi connectivity index (χ2v) is 8.39. The fourth-order valence-electron chi connectivity index (χ4n) is 2.39. The molecule has 0 unspecified atom stereocenters. The zero-order chi connectivity index (χ0) is 18.1. The Hall–Kier alpha value is -2.08. The van der Waals surface area contributed by atoms with Gasteiger partial charge < -0.3 is 5.32 Å². The molecule has 1 aromatic carbocycles. The number of aromatic nitrogens is 1. The predicted octanol–water partition coefficient (Wildman–Crippen LogP) is 3.91. The van der Waals surface area contributed by atoms with Gasteiger partial charge in [0.15, 0.2) is 0 Å². The second kappa shape index (κ2) is 9.42. The highest BCUT2D eigenvalue weighted by atomic mass is 32.2. The van der Waals surface area contributed by atoms with E-state index in [2.05, 4.69) is 28.9 Å². The van der Waals surface area contributed by atoms with Gasteiger partial charge >= 0.3 is 0 Å². The Morgan fingerprint density at radius 2 is 1.84 bits per heavy atom. The predicted molar refractivity (Wildman–Crippen MR) is 104 cm³/mol. The van der Waals surface area contributed by atoms with Crippen LogP contribution >= 0.6 is 0 Å². The maximum Gasteiger partial charge on any atom is 0.232 e. The number of benzene rings is 1. The molecule has 0 aliphatic carbocycles. The number of hydrogen-bond donors (Lipinski definition) is 2. The van der Waals surface area contributed by atoms with Gasteiger partial charge in [-0.05, 0) is 42.9 Å². The first-order valence-corrected chi connectivity index (χ1v) is 10.3. The molecule has 136 valence electrons. The minimum Gasteiger partial charge on any atom is -0.370 e. The minimum absolute atomic E-state index is 0.0935. The van der Waals surface area contributed by atoms with E-state index in [9.17, 15) is 8.42 Å². The van der Waals surface area contributed by atoms with Crippen molar-refractivity contribution in [1.82, 2.24) is 4.98 Å². The normalized spacial score (nSPS) is 11.5. The first kappa shape index (κ1) is 19.2. The lowest BCUT2D eigenvalue weighted by atomic mass is 10.1. The monoisotopic (exact) mass is 361 g/mol. The molecule has 0 atom stereocenters. The van der Waals surface area contributed by atoms with Gasteiger partial charge in [-0.1, -0.05) is 44.2 Å². The number of pyridine rings is 1. The van der Waals surface area contributed by atoms with Gasteiger partial charge in [0.25, 0.3) is 0 Å². The molecule has 0 fully saturated rings. The van der Waals surface area contributed by atoms with Gasteiger partial charge in [-0.25, -0.2) is 13.4 Å². The molecule has 2 aromatic rings. The number of rotatable bonds is 10. The number of aryl methyl sites for hydroxylation is 1. The first-order valence-electron chi connectivity index (χ1n) is 8.69. The van der Waals surface area contributed by atoms with E-state index in [4.69, 9.17) is 0 Å². The molecule has 6 heteroatoms. The molecule has 5 nitrogen and oxygen atoms in total. The summed E-state index contributed by atoms with van der Waals surface area (Å²) in [4.78, 5) is 4.25. The summed E-state index contributed by atoms with van der Waals surface area (Å²) < 4.78 is 26.9. The molecule has 0 amide bonds. The molecule has 2 rings (SSSR count). The summed E-state index contributed by atoms with van der Waals surface area (Å²) in [7, 11) is -3.36. The van der Waals surface area contributed by atoms with Gasteiger partial charge in [0.1, 0.15) is 5.82 Å². The van der Waals surface area contributed by atoms with Crippen molar-refractivity contribution in [1.29, 1.82) is 0 Å². The van der Waals surface area contributed by atoms with Crippen LogP contribution in [0.2, 0.25) is 0 Å². The van der Waals surface area contributed by atoms with Gasteiger partial charge in [0, 0.05) is 6.54 Å². The molecule has 0 bridgehead atoms. The molecule has 1 heterocycles. The first-order chi connectivity index (χ1) is 11.9. The highest BCUT2D eigenvalue weighted by Gasteiger charge is 2.10. The third-order valence-electron chi connectivity index (χ3n) is 3.79. The molecule has 0 spiro atoms. The molecular weight excluding hydrogens is 334 g/mol. The summed E-state index contributed by atoms with van der Waals surface area (Å²) in [6, 6.07) is 13.4. The van der Waals surface area contributed by atoms with E-state index >= 15 is 0 Å². The third-order valence-corrected chi connectivity index (χ3v) is 5.16. The maximum absolute atomic E-state index is 12.2. The fraction of sp³-hybridized carbons (Fsp3) is 0.421. The SMILES string of the molecule is CC(C)CCNc1ccc(NS(=O)(=O)CCCc2ccccc2)cn1. The van der Waals surface area contributed by atoms with Crippen molar-refractivity contribution in [3.8, 4) is 0 Å². The standard InChI is InChI=1S/C19H27N3O2S/c1-16(2)12-13-20-19-11-10-18(15-21-19)22-25(23,24)14-6-9-17-7-4-3-5-8-17/h3-5,7-8,10-11,15-16,22H,6,9,12-14H2,1-2H3,(H,20,21). The van der Waals surface area contributed by atoms with E-state index in [1.807, 2.05) is 30.3 Å². The van der Waals surface area contributed by atoms with E-state index in [1.165, 1.54) is 0 Å². The second-order valence-electron chi connectivity index (χ2n) is 6.55. The summed E-state index contributed by atoms with van der Waals surface area (Å²) in [5.74, 6) is 1.48. The van der Waals surface area contributed by atoms with Crippen molar-refractivity contribution in [3.05, 3.63) is 54.2 Å². The highest BCUT2D eigenvalue weighted by molar-refractivity contribution is 7.92. The van der Waals surface area contributed by atoms with E-state index in [0.29, 0.717) is 18.0 Å². The van der Waals surface area contributed by atoms with Crippen LogP contribution in [-0.4, -0.2) is 25.7 Å². The summed E-state index contributed by atoms with van der Waals surface area (Å²) in [6.07, 6.45) is 3.95.